The summed E-state index contributed by atoms with van der Waals surface area (Å²) in [6, 6.07) is 0. The molecule has 2 atom stereocenters. The van der Waals surface area contributed by atoms with Crippen LogP contribution in [0.2, 0.25) is 0 Å². The highest BCUT2D eigenvalue weighted by molar-refractivity contribution is 6.05. The Hall–Kier alpha value is -1.10. The number of esters is 2. The number of methoxy groups -OCH3 is 2. The van der Waals surface area contributed by atoms with Crippen molar-refractivity contribution < 1.29 is 23.8 Å². The van der Waals surface area contributed by atoms with E-state index in [1.165, 1.54) is 14.2 Å². The molecule has 1 saturated heterocycles. The van der Waals surface area contributed by atoms with Gasteiger partial charge in [-0.3, -0.25) is 0 Å². The zero-order valence-electron chi connectivity index (χ0n) is 8.82. The molecule has 84 valence electrons. The fourth-order valence-electron chi connectivity index (χ4n) is 2.57. The van der Waals surface area contributed by atoms with E-state index in [-0.39, 0.29) is 12.0 Å². The molecule has 2 rings (SSSR count). The van der Waals surface area contributed by atoms with Crippen LogP contribution in [0.4, 0.5) is 0 Å². The van der Waals surface area contributed by atoms with E-state index in [0.717, 1.165) is 19.3 Å². The first-order chi connectivity index (χ1) is 7.16. The van der Waals surface area contributed by atoms with E-state index in [1.807, 2.05) is 0 Å². The SMILES string of the molecule is COC(=O)C1(C(=O)OC)OC2CCCC21. The zero-order valence-corrected chi connectivity index (χ0v) is 8.82. The van der Waals surface area contributed by atoms with Gasteiger partial charge in [-0.05, 0) is 12.8 Å². The van der Waals surface area contributed by atoms with Crippen LogP contribution in [-0.4, -0.2) is 37.9 Å². The summed E-state index contributed by atoms with van der Waals surface area (Å²) in [6.07, 6.45) is 2.71. The van der Waals surface area contributed by atoms with Crippen LogP contribution in [-0.2, 0) is 23.8 Å². The van der Waals surface area contributed by atoms with Gasteiger partial charge in [-0.25, -0.2) is 9.59 Å². The second kappa shape index (κ2) is 3.48. The smallest absolute Gasteiger partial charge is 0.350 e. The number of ether oxygens (including phenoxy) is 3. The minimum atomic E-state index is -1.48. The highest BCUT2D eigenvalue weighted by Crippen LogP contribution is 2.50. The van der Waals surface area contributed by atoms with Crippen LogP contribution >= 0.6 is 0 Å². The van der Waals surface area contributed by atoms with Crippen LogP contribution in [0, 0.1) is 5.92 Å². The Morgan fingerprint density at radius 1 is 1.20 bits per heavy atom. The Kier molecular flexibility index (Phi) is 2.42. The molecule has 5 heteroatoms. The van der Waals surface area contributed by atoms with Crippen LogP contribution in [0.15, 0.2) is 0 Å². The molecule has 2 unspecified atom stereocenters. The maximum Gasteiger partial charge on any atom is 0.350 e. The summed E-state index contributed by atoms with van der Waals surface area (Å²) in [6.45, 7) is 0. The van der Waals surface area contributed by atoms with E-state index < -0.39 is 17.5 Å². The van der Waals surface area contributed by atoms with Crippen LogP contribution in [0.25, 0.3) is 0 Å². The molecule has 0 aromatic carbocycles. The van der Waals surface area contributed by atoms with Crippen molar-refractivity contribution in [3.8, 4) is 0 Å². The number of rotatable bonds is 2. The quantitative estimate of drug-likeness (QED) is 0.487. The van der Waals surface area contributed by atoms with E-state index in [0.29, 0.717) is 0 Å². The Labute approximate surface area is 87.7 Å². The first-order valence-electron chi connectivity index (χ1n) is 5.01. The molecular weight excluding hydrogens is 200 g/mol. The molecule has 0 spiro atoms. The molecule has 0 amide bonds. The molecule has 2 fully saturated rings. The van der Waals surface area contributed by atoms with Crippen molar-refractivity contribution in [2.45, 2.75) is 31.0 Å². The van der Waals surface area contributed by atoms with E-state index in [9.17, 15) is 9.59 Å². The van der Waals surface area contributed by atoms with Crippen LogP contribution in [0.1, 0.15) is 19.3 Å². The van der Waals surface area contributed by atoms with Gasteiger partial charge in [0.15, 0.2) is 0 Å². The normalized spacial score (nSPS) is 31.3. The lowest BCUT2D eigenvalue weighted by molar-refractivity contribution is -0.256. The Morgan fingerprint density at radius 2 is 1.80 bits per heavy atom. The van der Waals surface area contributed by atoms with Gasteiger partial charge in [-0.1, -0.05) is 6.42 Å². The predicted octanol–water partition coefficient (Wildman–Crippen LogP) is 0.270. The summed E-state index contributed by atoms with van der Waals surface area (Å²) in [4.78, 5) is 23.2. The van der Waals surface area contributed by atoms with Gasteiger partial charge in [0, 0.05) is 5.92 Å². The molecule has 1 saturated carbocycles. The molecule has 0 N–H and O–H groups in total. The van der Waals surface area contributed by atoms with Gasteiger partial charge in [-0.15, -0.1) is 0 Å². The fourth-order valence-corrected chi connectivity index (χ4v) is 2.57. The third-order valence-corrected chi connectivity index (χ3v) is 3.29. The summed E-state index contributed by atoms with van der Waals surface area (Å²) < 4.78 is 14.7. The topological polar surface area (TPSA) is 61.8 Å². The minimum Gasteiger partial charge on any atom is -0.466 e. The molecule has 0 aromatic heterocycles. The van der Waals surface area contributed by atoms with Crippen molar-refractivity contribution in [1.82, 2.24) is 0 Å². The first kappa shape index (κ1) is 10.4. The van der Waals surface area contributed by atoms with Crippen molar-refractivity contribution in [2.75, 3.05) is 14.2 Å². The van der Waals surface area contributed by atoms with E-state index >= 15 is 0 Å². The zero-order chi connectivity index (χ0) is 11.1. The van der Waals surface area contributed by atoms with Crippen molar-refractivity contribution >= 4 is 11.9 Å². The molecule has 0 aromatic rings. The van der Waals surface area contributed by atoms with Crippen LogP contribution in [0.3, 0.4) is 0 Å². The van der Waals surface area contributed by atoms with Gasteiger partial charge in [0.1, 0.15) is 0 Å². The van der Waals surface area contributed by atoms with Gasteiger partial charge in [0.25, 0.3) is 5.60 Å². The molecular formula is C10H14O5. The lowest BCUT2D eigenvalue weighted by atomic mass is 9.78. The summed E-state index contributed by atoms with van der Waals surface area (Å²) in [5, 5.41) is 0. The summed E-state index contributed by atoms with van der Waals surface area (Å²) in [5.41, 5.74) is -1.48. The molecule has 1 aliphatic carbocycles. The average Bonchev–Trinajstić information content (AvgIpc) is 2.61. The summed E-state index contributed by atoms with van der Waals surface area (Å²) in [7, 11) is 2.50. The maximum atomic E-state index is 11.6. The van der Waals surface area contributed by atoms with Gasteiger partial charge < -0.3 is 14.2 Å². The maximum absolute atomic E-state index is 11.6. The molecule has 1 heterocycles. The van der Waals surface area contributed by atoms with E-state index in [2.05, 4.69) is 9.47 Å². The predicted molar refractivity (Wildman–Crippen MR) is 49.0 cm³/mol. The highest BCUT2D eigenvalue weighted by atomic mass is 16.6. The highest BCUT2D eigenvalue weighted by Gasteiger charge is 2.68. The van der Waals surface area contributed by atoms with E-state index in [4.69, 9.17) is 4.74 Å². The minimum absolute atomic E-state index is 0.0169. The van der Waals surface area contributed by atoms with Gasteiger partial charge in [-0.2, -0.15) is 0 Å². The van der Waals surface area contributed by atoms with Gasteiger partial charge in [0.2, 0.25) is 0 Å². The average molecular weight is 214 g/mol. The number of carbonyl (C=O) groups is 2. The molecule has 2 aliphatic rings. The first-order valence-corrected chi connectivity index (χ1v) is 5.01. The monoisotopic (exact) mass is 214 g/mol. The Bertz CT molecular complexity index is 282. The van der Waals surface area contributed by atoms with Crippen LogP contribution < -0.4 is 0 Å². The lowest BCUT2D eigenvalue weighted by Gasteiger charge is -2.47. The molecule has 5 nitrogen and oxygen atoms in total. The van der Waals surface area contributed by atoms with Crippen molar-refractivity contribution in [3.63, 3.8) is 0 Å². The van der Waals surface area contributed by atoms with Gasteiger partial charge in [0.05, 0.1) is 20.3 Å². The van der Waals surface area contributed by atoms with Crippen LogP contribution in [0.5, 0.6) is 0 Å². The number of fused-ring (bicyclic) bond motifs is 1. The number of hydrogen-bond donors (Lipinski definition) is 0. The van der Waals surface area contributed by atoms with Crippen molar-refractivity contribution in [2.24, 2.45) is 5.92 Å². The standard InChI is InChI=1S/C10H14O5/c1-13-8(11)10(9(12)14-2)6-4-3-5-7(6)15-10/h6-7H,3-5H2,1-2H3. The largest absolute Gasteiger partial charge is 0.466 e. The number of hydrogen-bond acceptors (Lipinski definition) is 5. The molecule has 15 heavy (non-hydrogen) atoms. The van der Waals surface area contributed by atoms with Crippen molar-refractivity contribution in [3.05, 3.63) is 0 Å². The Morgan fingerprint density at radius 3 is 2.27 bits per heavy atom. The molecule has 0 radical (unpaired) electrons. The van der Waals surface area contributed by atoms with E-state index in [1.54, 1.807) is 0 Å². The third-order valence-electron chi connectivity index (χ3n) is 3.29. The second-order valence-corrected chi connectivity index (χ2v) is 3.91. The molecule has 0 bridgehead atoms. The van der Waals surface area contributed by atoms with Crippen molar-refractivity contribution in [1.29, 1.82) is 0 Å². The fraction of sp³-hybridized carbons (Fsp3) is 0.800. The summed E-state index contributed by atoms with van der Waals surface area (Å²) >= 11 is 0. The number of carbonyl (C=O) groups excluding carboxylic acids is 2. The Balaban J connectivity index is 2.25. The molecule has 1 aliphatic heterocycles. The second-order valence-electron chi connectivity index (χ2n) is 3.91. The van der Waals surface area contributed by atoms with Gasteiger partial charge >= 0.3 is 11.9 Å². The lowest BCUT2D eigenvalue weighted by Crippen LogP contribution is -2.67. The third kappa shape index (κ3) is 1.19. The summed E-state index contributed by atoms with van der Waals surface area (Å²) in [5.74, 6) is -1.35.